The number of aliphatic imine (C=N–C) groups is 2. The molecule has 0 amide bonds. The standard InChI is InChI=1S/C60H34IN5O3/c1-3-13-35(14-4-1)55-61-56(63-57(62-55)36-15-5-2-6-16-36)39-18-11-17-37(31-39)38-27-30-50-47(32-38)54-46(21-12-24-51(54)67-50)60-65-58(40-25-28-44-42-19-7-9-22-48(42)68-52(44)33-40)64-59(66-60)41-26-29-45-43-20-8-10-23-49(43)69-53(45)34-41/h1-34H. The maximum atomic E-state index is 6.59. The maximum absolute atomic E-state index is 6.59. The number of aromatic nitrogens is 3. The molecule has 0 unspecified atom stereocenters. The number of rotatable bonds is 7. The highest BCUT2D eigenvalue weighted by molar-refractivity contribution is 14.2. The third kappa shape index (κ3) is 6.88. The van der Waals surface area contributed by atoms with E-state index in [0.717, 1.165) is 124 Å². The Morgan fingerprint density at radius 3 is 1.51 bits per heavy atom. The number of nitrogens with zero attached hydrogens (tertiary/aromatic N) is 5. The van der Waals surface area contributed by atoms with Gasteiger partial charge in [0.1, 0.15) is 40.8 Å². The molecule has 0 saturated heterocycles. The van der Waals surface area contributed by atoms with Gasteiger partial charge < -0.3 is 13.3 Å². The highest BCUT2D eigenvalue weighted by atomic mass is 127. The molecule has 9 heteroatoms. The van der Waals surface area contributed by atoms with Crippen molar-refractivity contribution in [3.63, 3.8) is 0 Å². The Hall–Kier alpha value is -8.67. The highest BCUT2D eigenvalue weighted by Crippen LogP contribution is 2.40. The summed E-state index contributed by atoms with van der Waals surface area (Å²) in [4.78, 5) is 26.0. The lowest BCUT2D eigenvalue weighted by atomic mass is 9.99. The van der Waals surface area contributed by atoms with Crippen molar-refractivity contribution in [1.82, 2.24) is 15.0 Å². The number of amidine groups is 1. The van der Waals surface area contributed by atoms with Gasteiger partial charge in [0.2, 0.25) is 0 Å². The average molecular weight is 1000 g/mol. The first kappa shape index (κ1) is 39.5. The van der Waals surface area contributed by atoms with E-state index in [2.05, 4.69) is 121 Å². The molecule has 0 aliphatic carbocycles. The van der Waals surface area contributed by atoms with E-state index in [0.29, 0.717) is 17.5 Å². The van der Waals surface area contributed by atoms with Crippen molar-refractivity contribution < 1.29 is 13.3 Å². The van der Waals surface area contributed by atoms with Crippen LogP contribution in [0.2, 0.25) is 0 Å². The second-order valence-electron chi connectivity index (χ2n) is 17.0. The van der Waals surface area contributed by atoms with Gasteiger partial charge in [-0.25, -0.2) is 24.9 Å². The van der Waals surface area contributed by atoms with Gasteiger partial charge in [0, 0.05) is 65.7 Å². The topological polar surface area (TPSA) is 103 Å². The number of para-hydroxylation sites is 2. The zero-order valence-corrected chi connectivity index (χ0v) is 38.6. The predicted molar refractivity (Wildman–Crippen MR) is 287 cm³/mol. The van der Waals surface area contributed by atoms with E-state index in [-0.39, 0.29) is 0 Å². The first-order valence-electron chi connectivity index (χ1n) is 22.6. The van der Waals surface area contributed by atoms with Crippen LogP contribution in [0.5, 0.6) is 0 Å². The normalized spacial score (nSPS) is 13.0. The molecule has 1 aliphatic rings. The molecule has 8 nitrogen and oxygen atoms in total. The van der Waals surface area contributed by atoms with Crippen LogP contribution in [0.3, 0.4) is 0 Å². The summed E-state index contributed by atoms with van der Waals surface area (Å²) in [5.74, 6) is 2.29. The van der Waals surface area contributed by atoms with E-state index in [9.17, 15) is 0 Å². The minimum atomic E-state index is -0.686. The summed E-state index contributed by atoms with van der Waals surface area (Å²) in [7, 11) is 0. The number of benzene rings is 9. The Balaban J connectivity index is 0.910. The second kappa shape index (κ2) is 16.0. The summed E-state index contributed by atoms with van der Waals surface area (Å²) < 4.78 is 21.4. The van der Waals surface area contributed by atoms with E-state index in [1.165, 1.54) is 0 Å². The lowest BCUT2D eigenvalue weighted by molar-refractivity contribution is 0.668. The lowest BCUT2D eigenvalue weighted by Crippen LogP contribution is -2.11. The molecule has 324 valence electrons. The molecule has 0 N–H and O–H groups in total. The first-order valence-corrected chi connectivity index (χ1v) is 24.8. The fourth-order valence-electron chi connectivity index (χ4n) is 9.37. The van der Waals surface area contributed by atoms with Gasteiger partial charge in [0.05, 0.1) is 0 Å². The third-order valence-corrected chi connectivity index (χ3v) is 15.5. The first-order chi connectivity index (χ1) is 34.1. The van der Waals surface area contributed by atoms with E-state index in [4.69, 9.17) is 38.2 Å². The molecule has 14 rings (SSSR count). The average Bonchev–Trinajstić information content (AvgIpc) is 4.12. The molecule has 13 aromatic rings. The zero-order valence-electron chi connectivity index (χ0n) is 36.5. The minimum Gasteiger partial charge on any atom is -0.456 e. The van der Waals surface area contributed by atoms with E-state index < -0.39 is 20.7 Å². The molecule has 69 heavy (non-hydrogen) atoms. The predicted octanol–water partition coefficient (Wildman–Crippen LogP) is 15.6. The van der Waals surface area contributed by atoms with Crippen LogP contribution in [0.1, 0.15) is 16.7 Å². The van der Waals surface area contributed by atoms with Crippen molar-refractivity contribution in [2.75, 3.05) is 0 Å². The van der Waals surface area contributed by atoms with Crippen LogP contribution < -0.4 is 0 Å². The molecule has 0 fully saturated rings. The summed E-state index contributed by atoms with van der Waals surface area (Å²) >= 11 is -0.686. The van der Waals surface area contributed by atoms with Crippen molar-refractivity contribution in [2.24, 2.45) is 9.98 Å². The fourth-order valence-corrected chi connectivity index (χ4v) is 11.9. The van der Waals surface area contributed by atoms with Crippen molar-refractivity contribution in [3.8, 4) is 45.3 Å². The molecule has 5 heterocycles. The number of hydrogen-bond donors (Lipinski definition) is 0. The molecule has 0 spiro atoms. The molecule has 0 atom stereocenters. The molecule has 0 radical (unpaired) electrons. The summed E-state index contributed by atoms with van der Waals surface area (Å²) in [6.45, 7) is 0. The molecule has 0 saturated carbocycles. The van der Waals surface area contributed by atoms with Gasteiger partial charge in [-0.2, -0.15) is 0 Å². The van der Waals surface area contributed by atoms with Crippen molar-refractivity contribution in [3.05, 3.63) is 223 Å². The monoisotopic (exact) mass is 999 g/mol. The molecule has 4 aromatic heterocycles. The van der Waals surface area contributed by atoms with Gasteiger partial charge in [0.15, 0.2) is 23.3 Å². The Morgan fingerprint density at radius 2 is 0.812 bits per heavy atom. The van der Waals surface area contributed by atoms with Crippen LogP contribution >= 0.6 is 20.7 Å². The van der Waals surface area contributed by atoms with Gasteiger partial charge in [0.25, 0.3) is 0 Å². The van der Waals surface area contributed by atoms with Crippen LogP contribution in [-0.4, -0.2) is 28.1 Å². The van der Waals surface area contributed by atoms with Gasteiger partial charge in [-0.3, -0.25) is 0 Å². The van der Waals surface area contributed by atoms with Crippen molar-refractivity contribution >= 4 is 99.7 Å². The summed E-state index contributed by atoms with van der Waals surface area (Å²) in [5, 5.41) is 6.06. The number of halogens is 1. The van der Waals surface area contributed by atoms with E-state index in [1.807, 2.05) is 84.9 Å². The van der Waals surface area contributed by atoms with Crippen LogP contribution in [-0.2, 0) is 0 Å². The molecule has 9 aromatic carbocycles. The Labute approximate surface area is 403 Å². The zero-order chi connectivity index (χ0) is 45.4. The van der Waals surface area contributed by atoms with Gasteiger partial charge in [-0.05, 0) is 92.5 Å². The third-order valence-electron chi connectivity index (χ3n) is 12.7. The van der Waals surface area contributed by atoms with Crippen LogP contribution in [0.25, 0.3) is 111 Å². The Morgan fingerprint density at radius 1 is 0.304 bits per heavy atom. The highest BCUT2D eigenvalue weighted by Gasteiger charge is 2.21. The Bertz CT molecular complexity index is 4150. The SMILES string of the molecule is c1ccc(C2=NC(c3ccccc3)=IC(c3cccc(-c4ccc5oc6cccc(-c7nc(-c8ccc9c(c8)oc8ccccc89)nc(-c8ccc9c(c8)oc8ccccc89)n7)c6c5c4)c3)=N2)cc1. The quantitative estimate of drug-likeness (QED) is 0.147. The summed E-state index contributed by atoms with van der Waals surface area (Å²) in [5.41, 5.74) is 12.5. The lowest BCUT2D eigenvalue weighted by Gasteiger charge is -2.14. The van der Waals surface area contributed by atoms with Gasteiger partial charge in [-0.1, -0.05) is 146 Å². The Kier molecular flexibility index (Phi) is 9.16. The van der Waals surface area contributed by atoms with Crippen LogP contribution in [0, 0.1) is 0 Å². The second-order valence-corrected chi connectivity index (χ2v) is 19.5. The number of furan rings is 3. The van der Waals surface area contributed by atoms with Crippen LogP contribution in [0.15, 0.2) is 229 Å². The minimum absolute atomic E-state index is 0.519. The fraction of sp³-hybridized carbons (Fsp3) is 0. The van der Waals surface area contributed by atoms with E-state index >= 15 is 0 Å². The molecule has 1 aliphatic heterocycles. The summed E-state index contributed by atoms with van der Waals surface area (Å²) in [6.07, 6.45) is 0. The smallest absolute Gasteiger partial charge is 0.164 e. The van der Waals surface area contributed by atoms with Crippen LogP contribution in [0.4, 0.5) is 0 Å². The van der Waals surface area contributed by atoms with Gasteiger partial charge in [-0.15, -0.1) is 0 Å². The number of fused-ring (bicyclic) bond motifs is 9. The van der Waals surface area contributed by atoms with E-state index in [1.54, 1.807) is 0 Å². The molecule has 0 bridgehead atoms. The largest absolute Gasteiger partial charge is 0.456 e. The maximum Gasteiger partial charge on any atom is 0.164 e. The summed E-state index contributed by atoms with van der Waals surface area (Å²) in [6, 6.07) is 70.3. The van der Waals surface area contributed by atoms with Crippen molar-refractivity contribution in [1.29, 1.82) is 0 Å². The van der Waals surface area contributed by atoms with Crippen molar-refractivity contribution in [2.45, 2.75) is 0 Å². The molecular formula is C60H34IN5O3. The van der Waals surface area contributed by atoms with Gasteiger partial charge >= 0.3 is 0 Å². The number of hydrogen-bond acceptors (Lipinski definition) is 8. The molecular weight excluding hydrogens is 966 g/mol.